The zero-order chi connectivity index (χ0) is 24.4. The van der Waals surface area contributed by atoms with Crippen LogP contribution in [0.25, 0.3) is 10.2 Å². The number of ether oxygens (including phenoxy) is 2. The van der Waals surface area contributed by atoms with Crippen LogP contribution in [0, 0.1) is 12.8 Å². The van der Waals surface area contributed by atoms with Crippen molar-refractivity contribution in [1.29, 1.82) is 0 Å². The highest BCUT2D eigenvalue weighted by molar-refractivity contribution is 7.20. The van der Waals surface area contributed by atoms with Crippen LogP contribution in [0.4, 0.5) is 0 Å². The number of carbonyl (C=O) groups excluding carboxylic acids is 1. The van der Waals surface area contributed by atoms with Crippen molar-refractivity contribution in [2.75, 3.05) is 13.7 Å². The molecule has 0 spiro atoms. The van der Waals surface area contributed by atoms with Crippen LogP contribution >= 0.6 is 11.3 Å². The molecule has 0 fully saturated rings. The van der Waals surface area contributed by atoms with Crippen LogP contribution in [0.1, 0.15) is 72.7 Å². The number of methoxy groups -OCH3 is 1. The number of benzene rings is 1. The van der Waals surface area contributed by atoms with Crippen LogP contribution < -0.4 is 20.3 Å². The molecular formula is C26H33N3O4S. The van der Waals surface area contributed by atoms with Crippen molar-refractivity contribution < 1.29 is 14.3 Å². The number of rotatable bonds is 7. The highest BCUT2D eigenvalue weighted by atomic mass is 32.1. The zero-order valence-electron chi connectivity index (χ0n) is 20.6. The summed E-state index contributed by atoms with van der Waals surface area (Å²) in [5, 5.41) is 3.64. The molecule has 182 valence electrons. The molecule has 1 unspecified atom stereocenters. The highest BCUT2D eigenvalue weighted by Gasteiger charge is 2.23. The van der Waals surface area contributed by atoms with Crippen molar-refractivity contribution >= 4 is 27.5 Å². The molecule has 0 saturated carbocycles. The maximum Gasteiger partial charge on any atom is 0.262 e. The fourth-order valence-corrected chi connectivity index (χ4v) is 5.39. The number of nitrogens with zero attached hydrogens (tertiary/aromatic N) is 2. The Morgan fingerprint density at radius 3 is 2.74 bits per heavy atom. The first-order valence-electron chi connectivity index (χ1n) is 11.9. The second-order valence-electron chi connectivity index (χ2n) is 9.34. The van der Waals surface area contributed by atoms with Crippen molar-refractivity contribution in [3.63, 3.8) is 0 Å². The Bertz CT molecular complexity index is 1260. The topological polar surface area (TPSA) is 82.5 Å². The number of thiophene rings is 1. The van der Waals surface area contributed by atoms with E-state index in [-0.39, 0.29) is 17.5 Å². The molecule has 2 aromatic heterocycles. The molecule has 1 aliphatic heterocycles. The maximum absolute atomic E-state index is 13.2. The molecule has 1 aromatic carbocycles. The smallest absolute Gasteiger partial charge is 0.262 e. The van der Waals surface area contributed by atoms with Gasteiger partial charge in [-0.3, -0.25) is 14.2 Å². The van der Waals surface area contributed by atoms with E-state index in [4.69, 9.17) is 14.5 Å². The molecule has 3 aromatic rings. The predicted molar refractivity (Wildman–Crippen MR) is 135 cm³/mol. The quantitative estimate of drug-likeness (QED) is 0.510. The summed E-state index contributed by atoms with van der Waals surface area (Å²) < 4.78 is 13.1. The van der Waals surface area contributed by atoms with Crippen molar-refractivity contribution in [3.8, 4) is 11.5 Å². The van der Waals surface area contributed by atoms with Gasteiger partial charge >= 0.3 is 0 Å². The minimum absolute atomic E-state index is 0.0236. The van der Waals surface area contributed by atoms with Gasteiger partial charge in [0, 0.05) is 13.0 Å². The molecule has 0 bridgehead atoms. The number of aromatic nitrogens is 2. The van der Waals surface area contributed by atoms with Crippen molar-refractivity contribution in [1.82, 2.24) is 14.9 Å². The summed E-state index contributed by atoms with van der Waals surface area (Å²) >= 11 is 1.30. The standard InChI is InChI=1S/C26H33N3O4S/c1-15(2)14-33-19-11-10-18(13-20(19)32-5)17(4)27-24(30)23-16(3)22-25(34-23)28-21-9-7-6-8-12-29(21)26(22)31/h10-11,13,15,17H,6-9,12,14H2,1-5H3,(H,27,30). The summed E-state index contributed by atoms with van der Waals surface area (Å²) in [6.07, 6.45) is 3.94. The Morgan fingerprint density at radius 1 is 1.21 bits per heavy atom. The molecule has 1 atom stereocenters. The van der Waals surface area contributed by atoms with E-state index in [1.165, 1.54) is 11.3 Å². The normalized spacial score (nSPS) is 14.5. The molecule has 1 amide bonds. The van der Waals surface area contributed by atoms with E-state index in [9.17, 15) is 9.59 Å². The largest absolute Gasteiger partial charge is 0.493 e. The summed E-state index contributed by atoms with van der Waals surface area (Å²) in [5.41, 5.74) is 1.59. The van der Waals surface area contributed by atoms with E-state index in [1.54, 1.807) is 11.7 Å². The van der Waals surface area contributed by atoms with E-state index in [2.05, 4.69) is 19.2 Å². The molecule has 8 heteroatoms. The van der Waals surface area contributed by atoms with Gasteiger partial charge in [-0.15, -0.1) is 11.3 Å². The van der Waals surface area contributed by atoms with E-state index in [1.807, 2.05) is 32.0 Å². The summed E-state index contributed by atoms with van der Waals surface area (Å²) in [7, 11) is 1.61. The predicted octanol–water partition coefficient (Wildman–Crippen LogP) is 5.03. The summed E-state index contributed by atoms with van der Waals surface area (Å²) in [6, 6.07) is 5.45. The lowest BCUT2D eigenvalue weighted by Crippen LogP contribution is -2.27. The molecule has 1 aliphatic rings. The van der Waals surface area contributed by atoms with Gasteiger partial charge in [-0.05, 0) is 55.9 Å². The van der Waals surface area contributed by atoms with E-state index in [0.29, 0.717) is 51.2 Å². The first-order valence-corrected chi connectivity index (χ1v) is 12.8. The third kappa shape index (κ3) is 4.82. The molecular weight excluding hydrogens is 450 g/mol. The van der Waals surface area contributed by atoms with Crippen molar-refractivity contribution in [3.05, 3.63) is 50.4 Å². The average molecular weight is 484 g/mol. The van der Waals surface area contributed by atoms with Crippen LogP contribution in [0.2, 0.25) is 0 Å². The van der Waals surface area contributed by atoms with E-state index in [0.717, 1.165) is 37.1 Å². The lowest BCUT2D eigenvalue weighted by Gasteiger charge is -2.17. The Kier molecular flexibility index (Phi) is 7.26. The fourth-order valence-electron chi connectivity index (χ4n) is 4.30. The van der Waals surface area contributed by atoms with Gasteiger partial charge in [0.05, 0.1) is 30.0 Å². The Labute approximate surface area is 204 Å². The van der Waals surface area contributed by atoms with Crippen LogP contribution in [-0.4, -0.2) is 29.2 Å². The number of hydrogen-bond acceptors (Lipinski definition) is 6. The molecule has 34 heavy (non-hydrogen) atoms. The Hall–Kier alpha value is -2.87. The molecule has 0 aliphatic carbocycles. The number of hydrogen-bond donors (Lipinski definition) is 1. The lowest BCUT2D eigenvalue weighted by molar-refractivity contribution is 0.0943. The second-order valence-corrected chi connectivity index (χ2v) is 10.3. The highest BCUT2D eigenvalue weighted by Crippen LogP contribution is 2.32. The molecule has 1 N–H and O–H groups in total. The Morgan fingerprint density at radius 2 is 2.00 bits per heavy atom. The van der Waals surface area contributed by atoms with Gasteiger partial charge in [0.1, 0.15) is 10.7 Å². The van der Waals surface area contributed by atoms with Crippen LogP contribution in [0.3, 0.4) is 0 Å². The first kappa shape index (κ1) is 24.3. The fraction of sp³-hybridized carbons (Fsp3) is 0.500. The number of fused-ring (bicyclic) bond motifs is 2. The molecule has 3 heterocycles. The summed E-state index contributed by atoms with van der Waals surface area (Å²) in [6.45, 7) is 9.26. The monoisotopic (exact) mass is 483 g/mol. The zero-order valence-corrected chi connectivity index (χ0v) is 21.4. The number of carbonyl (C=O) groups is 1. The van der Waals surface area contributed by atoms with Gasteiger partial charge in [-0.2, -0.15) is 0 Å². The van der Waals surface area contributed by atoms with Gasteiger partial charge in [0.25, 0.3) is 11.5 Å². The summed E-state index contributed by atoms with van der Waals surface area (Å²) in [4.78, 5) is 32.4. The molecule has 0 radical (unpaired) electrons. The van der Waals surface area contributed by atoms with Crippen LogP contribution in [-0.2, 0) is 13.0 Å². The SMILES string of the molecule is COc1cc(C(C)NC(=O)c2sc3nc4n(c(=O)c3c2C)CCCCC4)ccc1OCC(C)C. The maximum atomic E-state index is 13.2. The average Bonchev–Trinajstić information content (AvgIpc) is 2.98. The molecule has 7 nitrogen and oxygen atoms in total. The van der Waals surface area contributed by atoms with E-state index >= 15 is 0 Å². The number of nitrogens with one attached hydrogen (secondary N) is 1. The second kappa shape index (κ2) is 10.2. The first-order chi connectivity index (χ1) is 16.3. The van der Waals surface area contributed by atoms with Gasteiger partial charge in [-0.1, -0.05) is 26.3 Å². The number of amides is 1. The molecule has 0 saturated heterocycles. The van der Waals surface area contributed by atoms with Crippen LogP contribution in [0.5, 0.6) is 11.5 Å². The van der Waals surface area contributed by atoms with Gasteiger partial charge in [0.15, 0.2) is 11.5 Å². The van der Waals surface area contributed by atoms with Gasteiger partial charge in [0.2, 0.25) is 0 Å². The van der Waals surface area contributed by atoms with Crippen molar-refractivity contribution in [2.24, 2.45) is 5.92 Å². The Balaban J connectivity index is 1.58. The molecule has 4 rings (SSSR count). The van der Waals surface area contributed by atoms with Crippen molar-refractivity contribution in [2.45, 2.75) is 66.0 Å². The van der Waals surface area contributed by atoms with Crippen LogP contribution in [0.15, 0.2) is 23.0 Å². The van der Waals surface area contributed by atoms with Gasteiger partial charge < -0.3 is 14.8 Å². The number of aryl methyl sites for hydroxylation is 2. The minimum Gasteiger partial charge on any atom is -0.493 e. The minimum atomic E-state index is -0.254. The third-order valence-corrected chi connectivity index (χ3v) is 7.41. The van der Waals surface area contributed by atoms with Gasteiger partial charge in [-0.25, -0.2) is 4.98 Å². The summed E-state index contributed by atoms with van der Waals surface area (Å²) in [5.74, 6) is 2.36. The van der Waals surface area contributed by atoms with E-state index < -0.39 is 0 Å². The third-order valence-electron chi connectivity index (χ3n) is 6.23. The lowest BCUT2D eigenvalue weighted by atomic mass is 10.1.